The van der Waals surface area contributed by atoms with E-state index >= 15 is 0 Å². The van der Waals surface area contributed by atoms with Crippen LogP contribution in [0.2, 0.25) is 0 Å². The molecule has 0 unspecified atom stereocenters. The molecule has 0 saturated heterocycles. The highest BCUT2D eigenvalue weighted by molar-refractivity contribution is 6.05. The zero-order chi connectivity index (χ0) is 18.1. The lowest BCUT2D eigenvalue weighted by Crippen LogP contribution is -2.13. The van der Waals surface area contributed by atoms with Crippen LogP contribution in [0, 0.1) is 5.82 Å². The number of benzene rings is 3. The summed E-state index contributed by atoms with van der Waals surface area (Å²) in [6.45, 7) is 0. The number of aromatic amines is 1. The Morgan fingerprint density at radius 3 is 2.58 bits per heavy atom. The molecule has 0 saturated carbocycles. The van der Waals surface area contributed by atoms with E-state index in [1.54, 1.807) is 24.3 Å². The number of oxazole rings is 1. The number of carbonyl (C=O) groups excluding carboxylic acids is 1. The van der Waals surface area contributed by atoms with E-state index in [2.05, 4.69) is 10.3 Å². The fourth-order valence-electron chi connectivity index (χ4n) is 2.74. The van der Waals surface area contributed by atoms with E-state index in [1.165, 1.54) is 12.1 Å². The SMILES string of the molecule is O=C(Nc1ccc2oc(=O)[nH]c2c1)c1cc(-c2ccccc2)ccc1F. The molecule has 0 spiro atoms. The van der Waals surface area contributed by atoms with Crippen LogP contribution in [0.5, 0.6) is 0 Å². The van der Waals surface area contributed by atoms with E-state index < -0.39 is 17.5 Å². The lowest BCUT2D eigenvalue weighted by Gasteiger charge is -2.08. The standard InChI is InChI=1S/C20H13FN2O3/c21-16-8-6-13(12-4-2-1-3-5-12)10-15(16)19(24)22-14-7-9-18-17(11-14)23-20(25)26-18/h1-11H,(H,22,24)(H,23,25). The number of fused-ring (bicyclic) bond motifs is 1. The summed E-state index contributed by atoms with van der Waals surface area (Å²) >= 11 is 0. The van der Waals surface area contributed by atoms with Gasteiger partial charge in [-0.25, -0.2) is 9.18 Å². The second kappa shape index (κ2) is 6.33. The summed E-state index contributed by atoms with van der Waals surface area (Å²) in [7, 11) is 0. The van der Waals surface area contributed by atoms with E-state index in [1.807, 2.05) is 30.3 Å². The maximum Gasteiger partial charge on any atom is 0.417 e. The third kappa shape index (κ3) is 3.00. The van der Waals surface area contributed by atoms with Crippen LogP contribution < -0.4 is 11.1 Å². The van der Waals surface area contributed by atoms with Crippen molar-refractivity contribution >= 4 is 22.7 Å². The first-order valence-electron chi connectivity index (χ1n) is 7.89. The van der Waals surface area contributed by atoms with Crippen molar-refractivity contribution in [3.8, 4) is 11.1 Å². The smallest absolute Gasteiger partial charge is 0.408 e. The first-order valence-corrected chi connectivity index (χ1v) is 7.89. The van der Waals surface area contributed by atoms with Gasteiger partial charge in [0.2, 0.25) is 0 Å². The predicted molar refractivity (Wildman–Crippen MR) is 96.6 cm³/mol. The van der Waals surface area contributed by atoms with Crippen molar-refractivity contribution in [1.29, 1.82) is 0 Å². The van der Waals surface area contributed by atoms with Crippen molar-refractivity contribution in [3.05, 3.63) is 88.7 Å². The van der Waals surface area contributed by atoms with Gasteiger partial charge in [0.1, 0.15) is 5.82 Å². The van der Waals surface area contributed by atoms with Gasteiger partial charge in [-0.2, -0.15) is 0 Å². The summed E-state index contributed by atoms with van der Waals surface area (Å²) < 4.78 is 19.1. The average molecular weight is 348 g/mol. The van der Waals surface area contributed by atoms with Crippen molar-refractivity contribution < 1.29 is 13.6 Å². The monoisotopic (exact) mass is 348 g/mol. The second-order valence-corrected chi connectivity index (χ2v) is 5.74. The Balaban J connectivity index is 1.65. The molecule has 0 atom stereocenters. The maximum atomic E-state index is 14.2. The van der Waals surface area contributed by atoms with E-state index in [9.17, 15) is 14.0 Å². The predicted octanol–water partition coefficient (Wildman–Crippen LogP) is 4.18. The minimum atomic E-state index is -0.611. The highest BCUT2D eigenvalue weighted by Gasteiger charge is 2.14. The molecule has 6 heteroatoms. The molecule has 3 aromatic carbocycles. The third-order valence-corrected chi connectivity index (χ3v) is 3.99. The van der Waals surface area contributed by atoms with Crippen molar-refractivity contribution in [3.63, 3.8) is 0 Å². The van der Waals surface area contributed by atoms with Gasteiger partial charge >= 0.3 is 5.76 Å². The Morgan fingerprint density at radius 1 is 0.962 bits per heavy atom. The number of rotatable bonds is 3. The van der Waals surface area contributed by atoms with Gasteiger partial charge in [-0.1, -0.05) is 36.4 Å². The van der Waals surface area contributed by atoms with Crippen LogP contribution in [0.4, 0.5) is 10.1 Å². The summed E-state index contributed by atoms with van der Waals surface area (Å²) in [5.74, 6) is -1.77. The van der Waals surface area contributed by atoms with Crippen LogP contribution in [0.1, 0.15) is 10.4 Å². The lowest BCUT2D eigenvalue weighted by atomic mass is 10.0. The summed E-state index contributed by atoms with van der Waals surface area (Å²) in [4.78, 5) is 26.2. The van der Waals surface area contributed by atoms with Gasteiger partial charge in [-0.15, -0.1) is 0 Å². The number of hydrogen-bond acceptors (Lipinski definition) is 3. The zero-order valence-corrected chi connectivity index (χ0v) is 13.5. The fourth-order valence-corrected chi connectivity index (χ4v) is 2.74. The van der Waals surface area contributed by atoms with Crippen molar-refractivity contribution in [2.75, 3.05) is 5.32 Å². The molecule has 0 bridgehead atoms. The van der Waals surface area contributed by atoms with Crippen LogP contribution in [-0.2, 0) is 0 Å². The first-order chi connectivity index (χ1) is 12.6. The Labute approximate surface area is 147 Å². The maximum absolute atomic E-state index is 14.2. The molecule has 1 heterocycles. The summed E-state index contributed by atoms with van der Waals surface area (Å²) in [6.07, 6.45) is 0. The van der Waals surface area contributed by atoms with Crippen LogP contribution in [0.3, 0.4) is 0 Å². The Hall–Kier alpha value is -3.67. The second-order valence-electron chi connectivity index (χ2n) is 5.74. The summed E-state index contributed by atoms with van der Waals surface area (Å²) in [5.41, 5.74) is 2.82. The van der Waals surface area contributed by atoms with E-state index in [4.69, 9.17) is 4.42 Å². The highest BCUT2D eigenvalue weighted by atomic mass is 19.1. The molecule has 0 aliphatic heterocycles. The molecule has 128 valence electrons. The molecule has 0 aliphatic carbocycles. The number of H-pyrrole nitrogens is 1. The number of carbonyl (C=O) groups is 1. The van der Waals surface area contributed by atoms with Gasteiger partial charge in [0.25, 0.3) is 5.91 Å². The van der Waals surface area contributed by atoms with Crippen molar-refractivity contribution in [2.24, 2.45) is 0 Å². The number of amides is 1. The summed E-state index contributed by atoms with van der Waals surface area (Å²) in [5, 5.41) is 2.64. The molecule has 0 radical (unpaired) electrons. The highest BCUT2D eigenvalue weighted by Crippen LogP contribution is 2.23. The third-order valence-electron chi connectivity index (χ3n) is 3.99. The molecule has 0 fully saturated rings. The average Bonchev–Trinajstić information content (AvgIpc) is 3.02. The van der Waals surface area contributed by atoms with E-state index in [0.29, 0.717) is 16.8 Å². The zero-order valence-electron chi connectivity index (χ0n) is 13.5. The van der Waals surface area contributed by atoms with E-state index in [0.717, 1.165) is 11.1 Å². The Morgan fingerprint density at radius 2 is 1.77 bits per heavy atom. The van der Waals surface area contributed by atoms with Gasteiger partial charge in [-0.3, -0.25) is 9.78 Å². The van der Waals surface area contributed by atoms with Crippen LogP contribution in [0.15, 0.2) is 75.9 Å². The molecule has 4 rings (SSSR count). The van der Waals surface area contributed by atoms with Gasteiger partial charge in [0.05, 0.1) is 11.1 Å². The molecular formula is C20H13FN2O3. The molecule has 1 aromatic heterocycles. The van der Waals surface area contributed by atoms with Crippen LogP contribution >= 0.6 is 0 Å². The van der Waals surface area contributed by atoms with Gasteiger partial charge < -0.3 is 9.73 Å². The minimum absolute atomic E-state index is 0.0628. The molecule has 5 nitrogen and oxygen atoms in total. The van der Waals surface area contributed by atoms with Crippen LogP contribution in [0.25, 0.3) is 22.2 Å². The molecule has 4 aromatic rings. The quantitative estimate of drug-likeness (QED) is 0.583. The lowest BCUT2D eigenvalue weighted by molar-refractivity contribution is 0.102. The number of hydrogen-bond donors (Lipinski definition) is 2. The number of halogens is 1. The van der Waals surface area contributed by atoms with Crippen LogP contribution in [-0.4, -0.2) is 10.9 Å². The number of anilines is 1. The first kappa shape index (κ1) is 15.8. The van der Waals surface area contributed by atoms with Gasteiger partial charge in [-0.05, 0) is 41.5 Å². The Kier molecular flexibility index (Phi) is 3.85. The molecule has 26 heavy (non-hydrogen) atoms. The van der Waals surface area contributed by atoms with Gasteiger partial charge in [0, 0.05) is 5.69 Å². The van der Waals surface area contributed by atoms with Crippen molar-refractivity contribution in [2.45, 2.75) is 0 Å². The topological polar surface area (TPSA) is 75.1 Å². The van der Waals surface area contributed by atoms with Crippen molar-refractivity contribution in [1.82, 2.24) is 4.98 Å². The molecule has 2 N–H and O–H groups in total. The Bertz CT molecular complexity index is 1160. The molecular weight excluding hydrogens is 335 g/mol. The number of nitrogens with one attached hydrogen (secondary N) is 2. The normalized spacial score (nSPS) is 10.8. The molecule has 0 aliphatic rings. The van der Waals surface area contributed by atoms with Gasteiger partial charge in [0.15, 0.2) is 5.58 Å². The number of aromatic nitrogens is 1. The summed E-state index contributed by atoms with van der Waals surface area (Å²) in [6, 6.07) is 18.5. The molecule has 1 amide bonds. The largest absolute Gasteiger partial charge is 0.417 e. The van der Waals surface area contributed by atoms with E-state index in [-0.39, 0.29) is 5.56 Å². The fraction of sp³-hybridized carbons (Fsp3) is 0. The minimum Gasteiger partial charge on any atom is -0.408 e.